The van der Waals surface area contributed by atoms with E-state index in [1.165, 1.54) is 43.0 Å². The van der Waals surface area contributed by atoms with Crippen molar-refractivity contribution in [2.24, 2.45) is 17.8 Å². The molecule has 4 aliphatic rings. The summed E-state index contributed by atoms with van der Waals surface area (Å²) in [5, 5.41) is 0.0649. The zero-order valence-electron chi connectivity index (χ0n) is 15.1. The number of pyridine rings is 1. The second-order valence-electron chi connectivity index (χ2n) is 8.97. The molecule has 8 heteroatoms. The van der Waals surface area contributed by atoms with Crippen LogP contribution in [0.25, 0.3) is 20.4 Å². The largest absolute Gasteiger partial charge is 0.417 e. The highest BCUT2D eigenvalue weighted by Gasteiger charge is 2.53. The van der Waals surface area contributed by atoms with E-state index in [1.807, 2.05) is 0 Å². The van der Waals surface area contributed by atoms with E-state index in [2.05, 4.69) is 9.97 Å². The number of hydrogen-bond donors (Lipinski definition) is 1. The topological polar surface area (TPSA) is 64.7 Å². The number of fused-ring (bicyclic) bond motifs is 3. The predicted octanol–water partition coefficient (Wildman–Crippen LogP) is 5.31. The minimum absolute atomic E-state index is 0.0649. The first-order valence-electron chi connectivity index (χ1n) is 9.74. The van der Waals surface area contributed by atoms with Crippen molar-refractivity contribution in [3.8, 4) is 0 Å². The molecule has 0 spiro atoms. The van der Waals surface area contributed by atoms with Crippen molar-refractivity contribution in [3.63, 3.8) is 0 Å². The average Bonchev–Trinajstić information content (AvgIpc) is 2.99. The molecule has 146 valence electrons. The van der Waals surface area contributed by atoms with Crippen LogP contribution in [0.1, 0.15) is 49.8 Å². The van der Waals surface area contributed by atoms with Gasteiger partial charge in [0.15, 0.2) is 0 Å². The minimum Gasteiger partial charge on any atom is -0.382 e. The molecule has 3 aromatic heterocycles. The van der Waals surface area contributed by atoms with Crippen LogP contribution in [0.15, 0.2) is 12.4 Å². The molecule has 4 nitrogen and oxygen atoms in total. The van der Waals surface area contributed by atoms with Crippen LogP contribution >= 0.6 is 11.3 Å². The number of halogens is 3. The number of thiophene rings is 1. The zero-order valence-corrected chi connectivity index (χ0v) is 15.9. The molecule has 0 unspecified atom stereocenters. The Morgan fingerprint density at radius 2 is 1.68 bits per heavy atom. The van der Waals surface area contributed by atoms with Crippen molar-refractivity contribution < 1.29 is 13.2 Å². The number of anilines is 1. The number of rotatable bonds is 1. The maximum atomic E-state index is 14.1. The summed E-state index contributed by atoms with van der Waals surface area (Å²) in [5.41, 5.74) is 5.97. The molecule has 4 fully saturated rings. The normalized spacial score (nSPS) is 31.9. The van der Waals surface area contributed by atoms with Gasteiger partial charge in [-0.15, -0.1) is 11.3 Å². The third kappa shape index (κ3) is 2.27. The summed E-state index contributed by atoms with van der Waals surface area (Å²) in [5.74, 6) is 2.13. The lowest BCUT2D eigenvalue weighted by molar-refractivity contribution is -0.136. The van der Waals surface area contributed by atoms with Crippen molar-refractivity contribution in [1.29, 1.82) is 0 Å². The Morgan fingerprint density at radius 1 is 1.04 bits per heavy atom. The summed E-state index contributed by atoms with van der Waals surface area (Å²) in [6.07, 6.45) is 3.39. The van der Waals surface area contributed by atoms with Crippen LogP contribution in [0.4, 0.5) is 19.0 Å². The molecule has 3 aromatic rings. The van der Waals surface area contributed by atoms with Crippen molar-refractivity contribution in [3.05, 3.63) is 23.7 Å². The van der Waals surface area contributed by atoms with Gasteiger partial charge in [0.25, 0.3) is 0 Å². The summed E-state index contributed by atoms with van der Waals surface area (Å²) in [7, 11) is 0. The molecule has 28 heavy (non-hydrogen) atoms. The fraction of sp³-hybridized carbons (Fsp3) is 0.550. The lowest BCUT2D eigenvalue weighted by atomic mass is 9.48. The van der Waals surface area contributed by atoms with Gasteiger partial charge in [-0.3, -0.25) is 0 Å². The summed E-state index contributed by atoms with van der Waals surface area (Å²) < 4.78 is 42.7. The molecule has 0 atom stereocenters. The first kappa shape index (κ1) is 16.9. The second kappa shape index (κ2) is 5.34. The van der Waals surface area contributed by atoms with Crippen LogP contribution in [0.5, 0.6) is 0 Å². The quantitative estimate of drug-likeness (QED) is 0.597. The van der Waals surface area contributed by atoms with Gasteiger partial charge in [0.05, 0.1) is 21.2 Å². The Balaban J connectivity index is 1.63. The van der Waals surface area contributed by atoms with Crippen LogP contribution in [0.3, 0.4) is 0 Å². The minimum atomic E-state index is -4.47. The van der Waals surface area contributed by atoms with Crippen molar-refractivity contribution in [2.75, 3.05) is 5.73 Å². The molecule has 3 heterocycles. The molecule has 2 N–H and O–H groups in total. The van der Waals surface area contributed by atoms with E-state index >= 15 is 0 Å². The van der Waals surface area contributed by atoms with E-state index in [9.17, 15) is 13.2 Å². The number of aromatic nitrogens is 3. The molecule has 4 aliphatic carbocycles. The molecule has 0 amide bonds. The molecular weight excluding hydrogens is 385 g/mol. The Hall–Kier alpha value is -1.96. The highest BCUT2D eigenvalue weighted by molar-refractivity contribution is 7.26. The van der Waals surface area contributed by atoms with E-state index in [0.717, 1.165) is 19.3 Å². The third-order valence-corrected chi connectivity index (χ3v) is 8.24. The third-order valence-electron chi connectivity index (χ3n) is 7.14. The van der Waals surface area contributed by atoms with Crippen LogP contribution in [-0.2, 0) is 11.6 Å². The van der Waals surface area contributed by atoms with E-state index in [0.29, 0.717) is 33.0 Å². The highest BCUT2D eigenvalue weighted by Crippen LogP contribution is 2.61. The van der Waals surface area contributed by atoms with Gasteiger partial charge in [-0.25, -0.2) is 15.0 Å². The van der Waals surface area contributed by atoms with Gasteiger partial charge >= 0.3 is 6.18 Å². The van der Waals surface area contributed by atoms with Crippen LogP contribution < -0.4 is 5.73 Å². The SMILES string of the molecule is Nc1ncnc2c1sc1nc(C34CC5CC(CC(C5)C3)C4)cc(C(F)(F)F)c12. The van der Waals surface area contributed by atoms with Crippen molar-refractivity contribution in [1.82, 2.24) is 15.0 Å². The molecule has 7 rings (SSSR count). The van der Waals surface area contributed by atoms with Crippen LogP contribution in [-0.4, -0.2) is 15.0 Å². The highest BCUT2D eigenvalue weighted by atomic mass is 32.1. The molecule has 4 bridgehead atoms. The smallest absolute Gasteiger partial charge is 0.382 e. The second-order valence-corrected chi connectivity index (χ2v) is 9.97. The predicted molar refractivity (Wildman–Crippen MR) is 102 cm³/mol. The Labute approximate surface area is 163 Å². The number of nitrogens with zero attached hydrogens (tertiary/aromatic N) is 3. The molecular formula is C20H19F3N4S. The fourth-order valence-corrected chi connectivity index (χ4v) is 7.56. The van der Waals surface area contributed by atoms with E-state index in [1.54, 1.807) is 0 Å². The summed E-state index contributed by atoms with van der Waals surface area (Å²) in [4.78, 5) is 13.2. The molecule has 0 aliphatic heterocycles. The summed E-state index contributed by atoms with van der Waals surface area (Å²) in [6.45, 7) is 0. The van der Waals surface area contributed by atoms with Gasteiger partial charge < -0.3 is 5.73 Å². The van der Waals surface area contributed by atoms with Crippen molar-refractivity contribution >= 4 is 37.6 Å². The summed E-state index contributed by atoms with van der Waals surface area (Å²) >= 11 is 1.18. The Bertz CT molecular complexity index is 1080. The number of hydrogen-bond acceptors (Lipinski definition) is 5. The molecule has 4 saturated carbocycles. The van der Waals surface area contributed by atoms with Crippen molar-refractivity contribution in [2.45, 2.75) is 50.1 Å². The van der Waals surface area contributed by atoms with E-state index in [4.69, 9.17) is 10.7 Å². The molecule has 0 aromatic carbocycles. The lowest BCUT2D eigenvalue weighted by Crippen LogP contribution is -2.49. The number of nitrogens with two attached hydrogens (primary N) is 1. The summed E-state index contributed by atoms with van der Waals surface area (Å²) in [6, 6.07) is 1.32. The number of alkyl halides is 3. The van der Waals surface area contributed by atoms with Gasteiger partial charge in [0.2, 0.25) is 0 Å². The first-order valence-corrected chi connectivity index (χ1v) is 10.6. The van der Waals surface area contributed by atoms with Gasteiger partial charge in [-0.1, -0.05) is 0 Å². The Kier molecular flexibility index (Phi) is 3.23. The van der Waals surface area contributed by atoms with Gasteiger partial charge in [-0.2, -0.15) is 13.2 Å². The van der Waals surface area contributed by atoms with Crippen LogP contribution in [0, 0.1) is 17.8 Å². The van der Waals surface area contributed by atoms with Gasteiger partial charge in [-0.05, 0) is 62.3 Å². The molecule has 0 saturated heterocycles. The monoisotopic (exact) mass is 404 g/mol. The zero-order chi connectivity index (χ0) is 19.3. The standard InChI is InChI=1S/C20H19F3N4S/c21-20(22,23)12-4-13(19-5-9-1-10(6-19)3-11(2-9)7-19)27-18-14(12)15-16(28-18)17(24)26-8-25-15/h4,8-11H,1-3,5-7H2,(H2,24,25,26). The number of nitrogen functional groups attached to an aromatic ring is 1. The van der Waals surface area contributed by atoms with E-state index < -0.39 is 11.7 Å². The maximum absolute atomic E-state index is 14.1. The average molecular weight is 404 g/mol. The Morgan fingerprint density at radius 3 is 2.29 bits per heavy atom. The fourth-order valence-electron chi connectivity index (χ4n) is 6.51. The molecule has 0 radical (unpaired) electrons. The van der Waals surface area contributed by atoms with Crippen LogP contribution in [0.2, 0.25) is 0 Å². The van der Waals surface area contributed by atoms with E-state index in [-0.39, 0.29) is 22.1 Å². The van der Waals surface area contributed by atoms with Gasteiger partial charge in [0.1, 0.15) is 17.0 Å². The first-order chi connectivity index (χ1) is 13.3. The maximum Gasteiger partial charge on any atom is 0.417 e. The lowest BCUT2D eigenvalue weighted by Gasteiger charge is -2.56. The van der Waals surface area contributed by atoms with Gasteiger partial charge in [0, 0.05) is 11.1 Å².